The summed E-state index contributed by atoms with van der Waals surface area (Å²) in [4.78, 5) is 32.3. The molecule has 2 aromatic carbocycles. The van der Waals surface area contributed by atoms with Crippen LogP contribution >= 0.6 is 0 Å². The van der Waals surface area contributed by atoms with Crippen LogP contribution in [0.25, 0.3) is 0 Å². The van der Waals surface area contributed by atoms with Crippen molar-refractivity contribution in [3.63, 3.8) is 0 Å². The molecule has 0 N–H and O–H groups in total. The van der Waals surface area contributed by atoms with Crippen molar-refractivity contribution in [1.82, 2.24) is 14.7 Å². The third kappa shape index (κ3) is 6.89. The molecule has 5 nitrogen and oxygen atoms in total. The molecule has 0 unspecified atom stereocenters. The molecule has 34 heavy (non-hydrogen) atoms. The second-order valence-corrected chi connectivity index (χ2v) is 9.61. The third-order valence-electron chi connectivity index (χ3n) is 7.16. The number of amides is 2. The Morgan fingerprint density at radius 1 is 0.853 bits per heavy atom. The van der Waals surface area contributed by atoms with E-state index in [0.29, 0.717) is 19.5 Å². The predicted octanol–water partition coefficient (Wildman–Crippen LogP) is 4.12. The summed E-state index contributed by atoms with van der Waals surface area (Å²) in [5, 5.41) is 0. The maximum atomic E-state index is 13.4. The number of nitrogens with zero attached hydrogens (tertiary/aromatic N) is 3. The minimum atomic E-state index is -0.256. The standard InChI is InChI=1S/C28H36FN3O2/c29-26-13-11-24(12-14-26)22-32(28(34)25-9-5-2-6-10-25)20-17-30-15-18-31(19-16-30)27(33)21-23-7-3-1-4-8-23/h1,3-4,7-8,11-14,25H,2,5-6,9-10,15-22H2. The molecule has 2 aromatic rings. The van der Waals surface area contributed by atoms with Crippen molar-refractivity contribution in [2.75, 3.05) is 39.3 Å². The van der Waals surface area contributed by atoms with Gasteiger partial charge in [-0.3, -0.25) is 14.5 Å². The Labute approximate surface area is 202 Å². The number of hydrogen-bond donors (Lipinski definition) is 0. The quantitative estimate of drug-likeness (QED) is 0.589. The van der Waals surface area contributed by atoms with Crippen LogP contribution in [-0.2, 0) is 22.6 Å². The van der Waals surface area contributed by atoms with E-state index in [0.717, 1.165) is 69.5 Å². The molecule has 2 amide bonds. The SMILES string of the molecule is O=C(Cc1ccccc1)N1CCN(CCN(Cc2ccc(F)cc2)C(=O)C2CCCCC2)CC1. The zero-order valence-corrected chi connectivity index (χ0v) is 20.0. The predicted molar refractivity (Wildman–Crippen MR) is 132 cm³/mol. The second kappa shape index (κ2) is 12.1. The zero-order chi connectivity index (χ0) is 23.8. The van der Waals surface area contributed by atoms with Crippen molar-refractivity contribution in [3.8, 4) is 0 Å². The average Bonchev–Trinajstić information content (AvgIpc) is 2.88. The molecule has 0 radical (unpaired) electrons. The molecule has 0 spiro atoms. The van der Waals surface area contributed by atoms with Gasteiger partial charge in [-0.1, -0.05) is 61.7 Å². The second-order valence-electron chi connectivity index (χ2n) is 9.61. The number of carbonyl (C=O) groups excluding carboxylic acids is 2. The van der Waals surface area contributed by atoms with Gasteiger partial charge in [-0.05, 0) is 36.1 Å². The van der Waals surface area contributed by atoms with E-state index in [2.05, 4.69) is 4.90 Å². The first-order chi connectivity index (χ1) is 16.6. The molecule has 182 valence electrons. The monoisotopic (exact) mass is 465 g/mol. The van der Waals surface area contributed by atoms with E-state index in [4.69, 9.17) is 0 Å². The molecular formula is C28H36FN3O2. The van der Waals surface area contributed by atoms with E-state index in [9.17, 15) is 14.0 Å². The number of rotatable bonds is 8. The van der Waals surface area contributed by atoms with Crippen LogP contribution in [0.15, 0.2) is 54.6 Å². The van der Waals surface area contributed by atoms with Gasteiger partial charge in [-0.25, -0.2) is 4.39 Å². The summed E-state index contributed by atoms with van der Waals surface area (Å²) >= 11 is 0. The molecule has 2 fully saturated rings. The van der Waals surface area contributed by atoms with Crippen molar-refractivity contribution in [2.45, 2.75) is 45.1 Å². The van der Waals surface area contributed by atoms with Crippen LogP contribution in [0, 0.1) is 11.7 Å². The minimum absolute atomic E-state index is 0.113. The fraction of sp³-hybridized carbons (Fsp3) is 0.500. The smallest absolute Gasteiger partial charge is 0.227 e. The number of benzene rings is 2. The Bertz CT molecular complexity index is 920. The van der Waals surface area contributed by atoms with Gasteiger partial charge in [-0.15, -0.1) is 0 Å². The average molecular weight is 466 g/mol. The molecule has 0 aromatic heterocycles. The lowest BCUT2D eigenvalue weighted by Gasteiger charge is -2.36. The minimum Gasteiger partial charge on any atom is -0.340 e. The third-order valence-corrected chi connectivity index (χ3v) is 7.16. The normalized spacial score (nSPS) is 17.5. The first-order valence-corrected chi connectivity index (χ1v) is 12.7. The Kier molecular flexibility index (Phi) is 8.69. The van der Waals surface area contributed by atoms with E-state index >= 15 is 0 Å². The number of carbonyl (C=O) groups is 2. The van der Waals surface area contributed by atoms with Crippen molar-refractivity contribution < 1.29 is 14.0 Å². The summed E-state index contributed by atoms with van der Waals surface area (Å²) < 4.78 is 13.4. The van der Waals surface area contributed by atoms with Crippen LogP contribution < -0.4 is 0 Å². The van der Waals surface area contributed by atoms with Gasteiger partial charge in [0.05, 0.1) is 6.42 Å². The molecule has 0 bridgehead atoms. The summed E-state index contributed by atoms with van der Waals surface area (Å²) in [5.41, 5.74) is 2.01. The van der Waals surface area contributed by atoms with Gasteiger partial charge in [0.25, 0.3) is 0 Å². The van der Waals surface area contributed by atoms with Gasteiger partial charge in [0.15, 0.2) is 0 Å². The van der Waals surface area contributed by atoms with Crippen LogP contribution in [0.2, 0.25) is 0 Å². The first kappa shape index (κ1) is 24.4. The van der Waals surface area contributed by atoms with Crippen LogP contribution in [0.4, 0.5) is 4.39 Å². The molecule has 1 saturated carbocycles. The van der Waals surface area contributed by atoms with Crippen LogP contribution in [0.1, 0.15) is 43.2 Å². The van der Waals surface area contributed by atoms with Gasteiger partial charge < -0.3 is 9.80 Å². The molecule has 6 heteroatoms. The highest BCUT2D eigenvalue weighted by Gasteiger charge is 2.27. The molecule has 1 aliphatic carbocycles. The van der Waals surface area contributed by atoms with Crippen molar-refractivity contribution in [1.29, 1.82) is 0 Å². The van der Waals surface area contributed by atoms with Crippen molar-refractivity contribution >= 4 is 11.8 Å². The van der Waals surface area contributed by atoms with Gasteiger partial charge in [-0.2, -0.15) is 0 Å². The lowest BCUT2D eigenvalue weighted by Crippen LogP contribution is -2.51. The maximum Gasteiger partial charge on any atom is 0.227 e. The summed E-state index contributed by atoms with van der Waals surface area (Å²) in [7, 11) is 0. The van der Waals surface area contributed by atoms with Crippen LogP contribution in [0.3, 0.4) is 0 Å². The van der Waals surface area contributed by atoms with E-state index in [-0.39, 0.29) is 23.5 Å². The summed E-state index contributed by atoms with van der Waals surface area (Å²) in [6, 6.07) is 16.3. The summed E-state index contributed by atoms with van der Waals surface area (Å²) in [6.45, 7) is 5.06. The fourth-order valence-electron chi connectivity index (χ4n) is 5.05. The molecular weight excluding hydrogens is 429 g/mol. The highest BCUT2D eigenvalue weighted by molar-refractivity contribution is 5.79. The fourth-order valence-corrected chi connectivity index (χ4v) is 5.05. The molecule has 4 rings (SSSR count). The van der Waals surface area contributed by atoms with E-state index < -0.39 is 0 Å². The van der Waals surface area contributed by atoms with Crippen molar-refractivity contribution in [2.24, 2.45) is 5.92 Å². The van der Waals surface area contributed by atoms with E-state index in [1.807, 2.05) is 40.1 Å². The van der Waals surface area contributed by atoms with Gasteiger partial charge in [0.2, 0.25) is 11.8 Å². The zero-order valence-electron chi connectivity index (χ0n) is 20.0. The van der Waals surface area contributed by atoms with E-state index in [1.54, 1.807) is 12.1 Å². The Hall–Kier alpha value is -2.73. The molecule has 0 atom stereocenters. The molecule has 1 aliphatic heterocycles. The summed E-state index contributed by atoms with van der Waals surface area (Å²) in [6.07, 6.45) is 5.86. The van der Waals surface area contributed by atoms with Gasteiger partial charge >= 0.3 is 0 Å². The lowest BCUT2D eigenvalue weighted by molar-refractivity contribution is -0.137. The summed E-state index contributed by atoms with van der Waals surface area (Å²) in [5.74, 6) is 0.271. The number of hydrogen-bond acceptors (Lipinski definition) is 3. The lowest BCUT2D eigenvalue weighted by atomic mass is 9.88. The maximum absolute atomic E-state index is 13.4. The highest BCUT2D eigenvalue weighted by Crippen LogP contribution is 2.26. The van der Waals surface area contributed by atoms with Crippen LogP contribution in [-0.4, -0.2) is 65.8 Å². The van der Waals surface area contributed by atoms with E-state index in [1.165, 1.54) is 18.6 Å². The van der Waals surface area contributed by atoms with Gasteiger partial charge in [0.1, 0.15) is 5.82 Å². The van der Waals surface area contributed by atoms with Gasteiger partial charge in [0, 0.05) is 51.7 Å². The molecule has 1 saturated heterocycles. The van der Waals surface area contributed by atoms with Crippen LogP contribution in [0.5, 0.6) is 0 Å². The topological polar surface area (TPSA) is 43.9 Å². The first-order valence-electron chi connectivity index (χ1n) is 12.7. The Balaban J connectivity index is 1.29. The highest BCUT2D eigenvalue weighted by atomic mass is 19.1. The molecule has 1 heterocycles. The van der Waals surface area contributed by atoms with Crippen molar-refractivity contribution in [3.05, 3.63) is 71.5 Å². The number of halogens is 1. The molecule has 2 aliphatic rings. The Morgan fingerprint density at radius 3 is 2.21 bits per heavy atom. The number of piperazine rings is 1. The largest absolute Gasteiger partial charge is 0.340 e. The Morgan fingerprint density at radius 2 is 1.53 bits per heavy atom.